The lowest BCUT2D eigenvalue weighted by Gasteiger charge is -2.20. The molecule has 0 bridgehead atoms. The van der Waals surface area contributed by atoms with Crippen molar-refractivity contribution in [3.8, 4) is 0 Å². The Morgan fingerprint density at radius 1 is 1.11 bits per heavy atom. The molecule has 0 spiro atoms. The number of benzene rings is 2. The van der Waals surface area contributed by atoms with Crippen molar-refractivity contribution in [3.63, 3.8) is 0 Å². The molecule has 0 atom stereocenters. The van der Waals surface area contributed by atoms with Crippen LogP contribution in [0.4, 0.5) is 15.8 Å². The van der Waals surface area contributed by atoms with Crippen molar-refractivity contribution in [3.05, 3.63) is 59.4 Å². The highest BCUT2D eigenvalue weighted by atomic mass is 19.1. The van der Waals surface area contributed by atoms with E-state index < -0.39 is 0 Å². The van der Waals surface area contributed by atoms with Crippen molar-refractivity contribution in [1.82, 2.24) is 0 Å². The van der Waals surface area contributed by atoms with Crippen molar-refractivity contribution in [1.29, 1.82) is 0 Å². The van der Waals surface area contributed by atoms with Gasteiger partial charge in [0.1, 0.15) is 5.82 Å². The molecule has 0 aromatic heterocycles. The average molecular weight is 244 g/mol. The van der Waals surface area contributed by atoms with Gasteiger partial charge >= 0.3 is 0 Å². The summed E-state index contributed by atoms with van der Waals surface area (Å²) in [5, 5.41) is 0. The van der Waals surface area contributed by atoms with Gasteiger partial charge in [-0.1, -0.05) is 12.1 Å². The number of halogens is 1. The second-order valence-electron chi connectivity index (χ2n) is 4.35. The van der Waals surface area contributed by atoms with Gasteiger partial charge in [0, 0.05) is 25.0 Å². The molecule has 18 heavy (non-hydrogen) atoms. The van der Waals surface area contributed by atoms with E-state index in [0.29, 0.717) is 6.54 Å². The Hall–Kier alpha value is -1.87. The Morgan fingerprint density at radius 3 is 2.44 bits per heavy atom. The number of anilines is 2. The molecule has 2 aromatic rings. The largest absolute Gasteiger partial charge is 0.345 e. The first-order chi connectivity index (χ1) is 8.61. The number of aryl methyl sites for hydroxylation is 1. The summed E-state index contributed by atoms with van der Waals surface area (Å²) in [4.78, 5) is 1.95. The van der Waals surface area contributed by atoms with Crippen LogP contribution in [0.1, 0.15) is 11.1 Å². The summed E-state index contributed by atoms with van der Waals surface area (Å²) in [6, 6.07) is 12.6. The van der Waals surface area contributed by atoms with Gasteiger partial charge in [-0.15, -0.1) is 0 Å². The molecule has 0 heterocycles. The highest BCUT2D eigenvalue weighted by Gasteiger charge is 2.06. The number of rotatable bonds is 3. The zero-order valence-electron chi connectivity index (χ0n) is 10.7. The molecule has 0 unspecified atom stereocenters. The first-order valence-corrected chi connectivity index (χ1v) is 5.90. The Labute approximate surface area is 107 Å². The minimum Gasteiger partial charge on any atom is -0.345 e. The maximum absolute atomic E-state index is 13.2. The number of nitrogens with zero attached hydrogens (tertiary/aromatic N) is 1. The van der Waals surface area contributed by atoms with E-state index >= 15 is 0 Å². The fourth-order valence-electron chi connectivity index (χ4n) is 1.95. The minimum atomic E-state index is -0.227. The average Bonchev–Trinajstić information content (AvgIpc) is 2.37. The molecule has 2 rings (SSSR count). The van der Waals surface area contributed by atoms with Crippen LogP contribution < -0.4 is 10.6 Å². The van der Waals surface area contributed by atoms with E-state index in [9.17, 15) is 4.39 Å². The smallest absolute Gasteiger partial charge is 0.125 e. The highest BCUT2D eigenvalue weighted by Crippen LogP contribution is 2.25. The Bertz CT molecular complexity index is 552. The lowest BCUT2D eigenvalue weighted by atomic mass is 10.1. The topological polar surface area (TPSA) is 29.3 Å². The summed E-state index contributed by atoms with van der Waals surface area (Å²) in [5.74, 6) is -0.227. The molecule has 2 nitrogen and oxygen atoms in total. The van der Waals surface area contributed by atoms with E-state index in [0.717, 1.165) is 22.5 Å². The predicted molar refractivity (Wildman–Crippen MR) is 73.5 cm³/mol. The monoisotopic (exact) mass is 244 g/mol. The van der Waals surface area contributed by atoms with Crippen LogP contribution in [0.5, 0.6) is 0 Å². The van der Waals surface area contributed by atoms with Crippen LogP contribution >= 0.6 is 0 Å². The van der Waals surface area contributed by atoms with E-state index in [2.05, 4.69) is 6.07 Å². The van der Waals surface area contributed by atoms with Gasteiger partial charge in [0.15, 0.2) is 0 Å². The van der Waals surface area contributed by atoms with Crippen molar-refractivity contribution < 1.29 is 4.39 Å². The number of hydrogen-bond donors (Lipinski definition) is 1. The zero-order chi connectivity index (χ0) is 13.1. The summed E-state index contributed by atoms with van der Waals surface area (Å²) in [5.41, 5.74) is 9.78. The van der Waals surface area contributed by atoms with Crippen molar-refractivity contribution in [2.75, 3.05) is 11.9 Å². The zero-order valence-corrected chi connectivity index (χ0v) is 10.7. The maximum Gasteiger partial charge on any atom is 0.125 e. The van der Waals surface area contributed by atoms with E-state index in [1.807, 2.05) is 37.1 Å². The second-order valence-corrected chi connectivity index (χ2v) is 4.35. The summed E-state index contributed by atoms with van der Waals surface area (Å²) in [6.45, 7) is 2.57. The molecule has 0 saturated carbocycles. The first kappa shape index (κ1) is 12.6. The third kappa shape index (κ3) is 2.51. The van der Waals surface area contributed by atoms with Gasteiger partial charge in [0.05, 0.1) is 0 Å². The minimum absolute atomic E-state index is 0.227. The fourth-order valence-corrected chi connectivity index (χ4v) is 1.95. The van der Waals surface area contributed by atoms with E-state index in [1.165, 1.54) is 12.1 Å². The lowest BCUT2D eigenvalue weighted by Crippen LogP contribution is -2.10. The molecule has 3 heteroatoms. The standard InChI is InChI=1S/C15H17FN2/c1-11-8-15(7-6-12(11)10-17)18(2)14-5-3-4-13(16)9-14/h3-9H,10,17H2,1-2H3. The number of nitrogens with two attached hydrogens (primary N) is 1. The first-order valence-electron chi connectivity index (χ1n) is 5.90. The van der Waals surface area contributed by atoms with E-state index in [1.54, 1.807) is 6.07 Å². The fraction of sp³-hybridized carbons (Fsp3) is 0.200. The molecule has 2 aromatic carbocycles. The third-order valence-corrected chi connectivity index (χ3v) is 3.13. The summed E-state index contributed by atoms with van der Waals surface area (Å²) >= 11 is 0. The lowest BCUT2D eigenvalue weighted by molar-refractivity contribution is 0.628. The Kier molecular flexibility index (Phi) is 3.63. The Balaban J connectivity index is 2.34. The Morgan fingerprint density at radius 2 is 1.83 bits per heavy atom. The van der Waals surface area contributed by atoms with E-state index in [-0.39, 0.29) is 5.82 Å². The highest BCUT2D eigenvalue weighted by molar-refractivity contribution is 5.63. The molecule has 0 saturated heterocycles. The summed E-state index contributed by atoms with van der Waals surface area (Å²) in [7, 11) is 1.92. The summed E-state index contributed by atoms with van der Waals surface area (Å²) < 4.78 is 13.2. The summed E-state index contributed by atoms with van der Waals surface area (Å²) in [6.07, 6.45) is 0. The van der Waals surface area contributed by atoms with Gasteiger partial charge < -0.3 is 10.6 Å². The van der Waals surface area contributed by atoms with Crippen LogP contribution in [-0.2, 0) is 6.54 Å². The second kappa shape index (κ2) is 5.19. The molecule has 0 amide bonds. The van der Waals surface area contributed by atoms with Crippen molar-refractivity contribution >= 4 is 11.4 Å². The molecular weight excluding hydrogens is 227 g/mol. The normalized spacial score (nSPS) is 10.4. The molecule has 0 radical (unpaired) electrons. The molecule has 0 aliphatic heterocycles. The molecular formula is C15H17FN2. The van der Waals surface area contributed by atoms with Gasteiger partial charge in [0.25, 0.3) is 0 Å². The maximum atomic E-state index is 13.2. The van der Waals surface area contributed by atoms with Crippen LogP contribution in [0.25, 0.3) is 0 Å². The van der Waals surface area contributed by atoms with Crippen LogP contribution in [0.2, 0.25) is 0 Å². The van der Waals surface area contributed by atoms with Gasteiger partial charge in [0.2, 0.25) is 0 Å². The van der Waals surface area contributed by atoms with Gasteiger partial charge in [-0.3, -0.25) is 0 Å². The van der Waals surface area contributed by atoms with Gasteiger partial charge in [-0.05, 0) is 48.4 Å². The predicted octanol–water partition coefficient (Wildman–Crippen LogP) is 3.36. The van der Waals surface area contributed by atoms with Gasteiger partial charge in [-0.2, -0.15) is 0 Å². The van der Waals surface area contributed by atoms with Crippen molar-refractivity contribution in [2.24, 2.45) is 5.73 Å². The number of hydrogen-bond acceptors (Lipinski definition) is 2. The van der Waals surface area contributed by atoms with Crippen LogP contribution in [0.15, 0.2) is 42.5 Å². The molecule has 0 aliphatic rings. The third-order valence-electron chi connectivity index (χ3n) is 3.13. The molecule has 2 N–H and O–H groups in total. The van der Waals surface area contributed by atoms with E-state index in [4.69, 9.17) is 5.73 Å². The van der Waals surface area contributed by atoms with Crippen molar-refractivity contribution in [2.45, 2.75) is 13.5 Å². The van der Waals surface area contributed by atoms with Crippen LogP contribution in [-0.4, -0.2) is 7.05 Å². The quantitative estimate of drug-likeness (QED) is 0.897. The molecule has 0 aliphatic carbocycles. The molecule has 0 fully saturated rings. The van der Waals surface area contributed by atoms with Crippen LogP contribution in [0, 0.1) is 12.7 Å². The van der Waals surface area contributed by atoms with Crippen LogP contribution in [0.3, 0.4) is 0 Å². The van der Waals surface area contributed by atoms with Gasteiger partial charge in [-0.25, -0.2) is 4.39 Å². The SMILES string of the molecule is Cc1cc(N(C)c2cccc(F)c2)ccc1CN. The molecule has 94 valence electrons.